The summed E-state index contributed by atoms with van der Waals surface area (Å²) in [6.45, 7) is 2.19. The number of ether oxygens (including phenoxy) is 2. The first-order chi connectivity index (χ1) is 15.0. The number of hydrogen-bond acceptors (Lipinski definition) is 5. The summed E-state index contributed by atoms with van der Waals surface area (Å²) in [5, 5.41) is 0.603. The van der Waals surface area contributed by atoms with Crippen molar-refractivity contribution in [3.05, 3.63) is 76.5 Å². The Kier molecular flexibility index (Phi) is 6.52. The first kappa shape index (κ1) is 21.3. The van der Waals surface area contributed by atoms with Gasteiger partial charge in [-0.1, -0.05) is 41.9 Å². The topological polar surface area (TPSA) is 65.0 Å². The maximum atomic E-state index is 13.1. The van der Waals surface area contributed by atoms with Gasteiger partial charge in [-0.3, -0.25) is 14.6 Å². The molecule has 6 heteroatoms. The summed E-state index contributed by atoms with van der Waals surface area (Å²) in [5.74, 6) is -0.695. The van der Waals surface area contributed by atoms with Crippen LogP contribution in [0, 0.1) is 5.92 Å². The Morgan fingerprint density at radius 1 is 1.06 bits per heavy atom. The number of nitrogens with zero attached hydrogens (tertiary/aromatic N) is 1. The lowest BCUT2D eigenvalue weighted by molar-refractivity contribution is -0.147. The molecule has 2 aliphatic rings. The van der Waals surface area contributed by atoms with Gasteiger partial charge in [0.15, 0.2) is 5.78 Å². The number of esters is 1. The van der Waals surface area contributed by atoms with Crippen LogP contribution in [0.3, 0.4) is 0 Å². The third-order valence-corrected chi connectivity index (χ3v) is 5.91. The Hall–Kier alpha value is -2.92. The van der Waals surface area contributed by atoms with Gasteiger partial charge in [-0.05, 0) is 49.6 Å². The van der Waals surface area contributed by atoms with Gasteiger partial charge in [-0.25, -0.2) is 0 Å². The average Bonchev–Trinajstić information content (AvgIpc) is 2.77. The highest BCUT2D eigenvalue weighted by Crippen LogP contribution is 2.43. The highest BCUT2D eigenvalue weighted by molar-refractivity contribution is 6.30. The molecule has 160 valence electrons. The van der Waals surface area contributed by atoms with Gasteiger partial charge in [-0.15, -0.1) is 0 Å². The van der Waals surface area contributed by atoms with Crippen molar-refractivity contribution in [3.63, 3.8) is 0 Å². The van der Waals surface area contributed by atoms with Gasteiger partial charge in [0, 0.05) is 34.3 Å². The van der Waals surface area contributed by atoms with E-state index < -0.39 is 17.8 Å². The van der Waals surface area contributed by atoms with Gasteiger partial charge in [0.2, 0.25) is 0 Å². The molecule has 0 fully saturated rings. The number of rotatable bonds is 6. The second-order valence-corrected chi connectivity index (χ2v) is 8.16. The Morgan fingerprint density at radius 3 is 2.55 bits per heavy atom. The zero-order valence-corrected chi connectivity index (χ0v) is 18.1. The lowest BCUT2D eigenvalue weighted by atomic mass is 9.72. The second kappa shape index (κ2) is 9.48. The second-order valence-electron chi connectivity index (χ2n) is 7.73. The minimum atomic E-state index is -0.654. The molecule has 0 radical (unpaired) electrons. The summed E-state index contributed by atoms with van der Waals surface area (Å²) in [4.78, 5) is 30.6. The van der Waals surface area contributed by atoms with Crippen LogP contribution in [0.4, 0.5) is 0 Å². The predicted molar refractivity (Wildman–Crippen MR) is 120 cm³/mol. The van der Waals surface area contributed by atoms with Gasteiger partial charge >= 0.3 is 5.97 Å². The quantitative estimate of drug-likeness (QED) is 0.463. The molecule has 0 saturated carbocycles. The predicted octanol–water partition coefficient (Wildman–Crippen LogP) is 5.14. The van der Waals surface area contributed by atoms with E-state index in [1.54, 1.807) is 12.1 Å². The molecule has 0 bridgehead atoms. The van der Waals surface area contributed by atoms with Crippen LogP contribution in [0.2, 0.25) is 5.02 Å². The van der Waals surface area contributed by atoms with E-state index in [0.29, 0.717) is 22.7 Å². The molecule has 2 atom stereocenters. The fourth-order valence-electron chi connectivity index (χ4n) is 4.25. The largest absolute Gasteiger partial charge is 0.490 e. The highest BCUT2D eigenvalue weighted by Gasteiger charge is 2.43. The maximum absolute atomic E-state index is 13.1. The molecule has 2 aromatic rings. The Balaban J connectivity index is 1.54. The SMILES string of the molecule is CC1=NC2=C(C(=O)CCC2)[C@@H](c2ccc(Cl)cc2)C1C(=O)OCCOc1ccccc1. The number of Topliss-reactive ketones (excluding diaryl/α,β-unsaturated/α-hetero) is 1. The van der Waals surface area contributed by atoms with E-state index in [4.69, 9.17) is 21.1 Å². The standard InChI is InChI=1S/C25H24ClNO4/c1-16-22(25(29)31-15-14-30-19-6-3-2-4-7-19)23(17-10-12-18(26)13-11-17)24-20(27-16)8-5-9-21(24)28/h2-4,6-7,10-13,22-23H,5,8-9,14-15H2,1H3/t22?,23-/m0/s1. The first-order valence-corrected chi connectivity index (χ1v) is 10.8. The number of para-hydroxylation sites is 1. The monoisotopic (exact) mass is 437 g/mol. The zero-order valence-electron chi connectivity index (χ0n) is 17.3. The molecule has 31 heavy (non-hydrogen) atoms. The lowest BCUT2D eigenvalue weighted by Crippen LogP contribution is -2.37. The highest BCUT2D eigenvalue weighted by atomic mass is 35.5. The smallest absolute Gasteiger partial charge is 0.315 e. The van der Waals surface area contributed by atoms with E-state index in [1.807, 2.05) is 49.4 Å². The number of ketones is 1. The average molecular weight is 438 g/mol. The summed E-state index contributed by atoms with van der Waals surface area (Å²) >= 11 is 6.07. The van der Waals surface area contributed by atoms with Crippen LogP contribution in [0.15, 0.2) is 70.9 Å². The van der Waals surface area contributed by atoms with Crippen LogP contribution in [0.5, 0.6) is 5.75 Å². The summed E-state index contributed by atoms with van der Waals surface area (Å²) in [7, 11) is 0. The third kappa shape index (κ3) is 4.72. The molecule has 1 unspecified atom stereocenters. The van der Waals surface area contributed by atoms with Crippen LogP contribution in [0.1, 0.15) is 37.7 Å². The molecule has 1 aliphatic heterocycles. The molecule has 0 aromatic heterocycles. The van der Waals surface area contributed by atoms with Gasteiger partial charge in [-0.2, -0.15) is 0 Å². The Labute approximate surface area is 186 Å². The van der Waals surface area contributed by atoms with Crippen LogP contribution < -0.4 is 4.74 Å². The van der Waals surface area contributed by atoms with Crippen molar-refractivity contribution in [2.45, 2.75) is 32.1 Å². The van der Waals surface area contributed by atoms with Crippen LogP contribution in [-0.4, -0.2) is 30.7 Å². The van der Waals surface area contributed by atoms with Crippen molar-refractivity contribution >= 4 is 29.1 Å². The van der Waals surface area contributed by atoms with E-state index in [2.05, 4.69) is 4.99 Å². The Bertz CT molecular complexity index is 1030. The Morgan fingerprint density at radius 2 is 1.81 bits per heavy atom. The lowest BCUT2D eigenvalue weighted by Gasteiger charge is -2.34. The molecule has 0 N–H and O–H groups in total. The number of allylic oxidation sites excluding steroid dienone is 2. The van der Waals surface area contributed by atoms with E-state index in [1.165, 1.54) is 0 Å². The molecule has 2 aromatic carbocycles. The van der Waals surface area contributed by atoms with Crippen molar-refractivity contribution in [1.82, 2.24) is 0 Å². The first-order valence-electron chi connectivity index (χ1n) is 10.5. The zero-order chi connectivity index (χ0) is 21.8. The molecule has 0 saturated heterocycles. The van der Waals surface area contributed by atoms with Crippen LogP contribution in [-0.2, 0) is 14.3 Å². The van der Waals surface area contributed by atoms with Crippen molar-refractivity contribution in [2.75, 3.05) is 13.2 Å². The minimum Gasteiger partial charge on any atom is -0.490 e. The van der Waals surface area contributed by atoms with Crippen molar-refractivity contribution in [1.29, 1.82) is 0 Å². The van der Waals surface area contributed by atoms with E-state index in [0.717, 1.165) is 29.9 Å². The number of halogens is 1. The van der Waals surface area contributed by atoms with Gasteiger partial charge in [0.25, 0.3) is 0 Å². The van der Waals surface area contributed by atoms with Crippen molar-refractivity contribution in [3.8, 4) is 5.75 Å². The van der Waals surface area contributed by atoms with E-state index in [9.17, 15) is 9.59 Å². The number of carbonyl (C=O) groups excluding carboxylic acids is 2. The summed E-state index contributed by atoms with van der Waals surface area (Å²) < 4.78 is 11.2. The fourth-order valence-corrected chi connectivity index (χ4v) is 4.38. The van der Waals surface area contributed by atoms with Crippen molar-refractivity contribution < 1.29 is 19.1 Å². The number of benzene rings is 2. The maximum Gasteiger partial charge on any atom is 0.315 e. The molecule has 5 nitrogen and oxygen atoms in total. The number of carbonyl (C=O) groups is 2. The van der Waals surface area contributed by atoms with Gasteiger partial charge in [0.05, 0.1) is 0 Å². The summed E-state index contributed by atoms with van der Waals surface area (Å²) in [6, 6.07) is 16.7. The van der Waals surface area contributed by atoms with Crippen LogP contribution >= 0.6 is 11.6 Å². The van der Waals surface area contributed by atoms with Crippen molar-refractivity contribution in [2.24, 2.45) is 10.9 Å². The number of aliphatic imine (C=N–C) groups is 1. The molecule has 4 rings (SSSR count). The number of hydrogen-bond donors (Lipinski definition) is 0. The molecular weight excluding hydrogens is 414 g/mol. The summed E-state index contributed by atoms with van der Waals surface area (Å²) in [6.07, 6.45) is 2.01. The third-order valence-electron chi connectivity index (χ3n) is 5.66. The van der Waals surface area contributed by atoms with Crippen LogP contribution in [0.25, 0.3) is 0 Å². The van der Waals surface area contributed by atoms with Gasteiger partial charge < -0.3 is 9.47 Å². The normalized spacial score (nSPS) is 20.7. The minimum absolute atomic E-state index is 0.0580. The molecule has 0 spiro atoms. The molecular formula is C25H24ClNO4. The van der Waals surface area contributed by atoms with Gasteiger partial charge in [0.1, 0.15) is 24.9 Å². The summed E-state index contributed by atoms with van der Waals surface area (Å²) in [5.41, 5.74) is 2.97. The molecule has 0 amide bonds. The van der Waals surface area contributed by atoms with E-state index >= 15 is 0 Å². The fraction of sp³-hybridized carbons (Fsp3) is 0.320. The molecule has 1 heterocycles. The molecule has 1 aliphatic carbocycles. The van der Waals surface area contributed by atoms with E-state index in [-0.39, 0.29) is 19.0 Å².